The number of rotatable bonds is 4. The lowest BCUT2D eigenvalue weighted by Crippen LogP contribution is -2.18. The third kappa shape index (κ3) is 2.11. The lowest BCUT2D eigenvalue weighted by molar-refractivity contribution is 0.638. The lowest BCUT2D eigenvalue weighted by atomic mass is 10.3. The number of thiazole rings is 1. The van der Waals surface area contributed by atoms with E-state index in [9.17, 15) is 0 Å². The van der Waals surface area contributed by atoms with Crippen LogP contribution in [0.5, 0.6) is 0 Å². The Morgan fingerprint density at radius 1 is 1.37 bits per heavy atom. The van der Waals surface area contributed by atoms with Crippen LogP contribution in [0.2, 0.25) is 0 Å². The molecular weight excluding hydrogens is 260 g/mol. The van der Waals surface area contributed by atoms with Crippen LogP contribution in [0.4, 0.5) is 0 Å². The summed E-state index contributed by atoms with van der Waals surface area (Å²) in [5, 5.41) is 15.4. The molecule has 0 spiro atoms. The Kier molecular flexibility index (Phi) is 2.52. The number of hydrogen-bond acceptors (Lipinski definition) is 6. The van der Waals surface area contributed by atoms with E-state index in [1.54, 1.807) is 16.0 Å². The summed E-state index contributed by atoms with van der Waals surface area (Å²) in [6.07, 6.45) is 2.52. The molecule has 6 nitrogen and oxygen atoms in total. The Labute approximate surface area is 113 Å². The van der Waals surface area contributed by atoms with Crippen LogP contribution in [0, 0.1) is 0 Å². The quantitative estimate of drug-likeness (QED) is 0.780. The molecule has 1 saturated carbocycles. The van der Waals surface area contributed by atoms with E-state index in [-0.39, 0.29) is 0 Å². The highest BCUT2D eigenvalue weighted by molar-refractivity contribution is 7.16. The van der Waals surface area contributed by atoms with Crippen LogP contribution < -0.4 is 5.32 Å². The van der Waals surface area contributed by atoms with E-state index in [0.717, 1.165) is 21.7 Å². The van der Waals surface area contributed by atoms with Gasteiger partial charge in [0.15, 0.2) is 5.82 Å². The van der Waals surface area contributed by atoms with Gasteiger partial charge in [-0.2, -0.15) is 4.68 Å². The minimum absolute atomic E-state index is 0.647. The van der Waals surface area contributed by atoms with Crippen molar-refractivity contribution >= 4 is 21.6 Å². The largest absolute Gasteiger partial charge is 0.307 e. The maximum Gasteiger partial charge on any atom is 0.170 e. The van der Waals surface area contributed by atoms with Gasteiger partial charge in [0.2, 0.25) is 0 Å². The van der Waals surface area contributed by atoms with Gasteiger partial charge in [-0.25, -0.2) is 4.98 Å². The van der Waals surface area contributed by atoms with Gasteiger partial charge in [-0.15, -0.1) is 16.4 Å². The fourth-order valence-corrected chi connectivity index (χ4v) is 2.73. The molecule has 2 heterocycles. The number of nitrogens with one attached hydrogen (secondary N) is 1. The molecule has 0 aliphatic heterocycles. The number of fused-ring (bicyclic) bond motifs is 1. The van der Waals surface area contributed by atoms with Crippen molar-refractivity contribution in [3.05, 3.63) is 29.5 Å². The number of nitrogens with zero attached hydrogens (tertiary/aromatic N) is 5. The van der Waals surface area contributed by atoms with Gasteiger partial charge < -0.3 is 5.32 Å². The van der Waals surface area contributed by atoms with Crippen molar-refractivity contribution in [3.63, 3.8) is 0 Å². The van der Waals surface area contributed by atoms with Crippen LogP contribution in [0.1, 0.15) is 18.7 Å². The van der Waals surface area contributed by atoms with Crippen molar-refractivity contribution in [1.82, 2.24) is 30.5 Å². The summed E-state index contributed by atoms with van der Waals surface area (Å²) in [7, 11) is 0. The van der Waals surface area contributed by atoms with E-state index in [1.165, 1.54) is 12.8 Å². The van der Waals surface area contributed by atoms with E-state index in [0.29, 0.717) is 12.6 Å². The third-order valence-corrected chi connectivity index (χ3v) is 4.01. The molecule has 1 aliphatic rings. The van der Waals surface area contributed by atoms with Crippen molar-refractivity contribution in [1.29, 1.82) is 0 Å². The predicted molar refractivity (Wildman–Crippen MR) is 72.2 cm³/mol. The van der Waals surface area contributed by atoms with Crippen molar-refractivity contribution in [3.8, 4) is 5.69 Å². The summed E-state index contributed by atoms with van der Waals surface area (Å²) < 4.78 is 2.93. The second-order valence-electron chi connectivity index (χ2n) is 4.67. The van der Waals surface area contributed by atoms with Crippen molar-refractivity contribution in [2.45, 2.75) is 25.4 Å². The molecule has 0 atom stereocenters. The molecule has 4 rings (SSSR count). The Morgan fingerprint density at radius 3 is 3.21 bits per heavy atom. The molecule has 96 valence electrons. The molecule has 0 amide bonds. The standard InChI is InChI=1S/C12H12N6S/c1-2-8(1)13-6-12-15-16-17-18(12)9-3-4-10-11(5-9)19-7-14-10/h3-5,7-8,13H,1-2,6H2. The molecule has 1 aromatic carbocycles. The fraction of sp³-hybridized carbons (Fsp3) is 0.333. The molecule has 3 aromatic rings. The van der Waals surface area contributed by atoms with Gasteiger partial charge in [0.25, 0.3) is 0 Å². The normalized spacial score (nSPS) is 15.2. The van der Waals surface area contributed by atoms with Crippen molar-refractivity contribution in [2.24, 2.45) is 0 Å². The molecule has 0 radical (unpaired) electrons. The third-order valence-electron chi connectivity index (χ3n) is 3.22. The van der Waals surface area contributed by atoms with E-state index in [4.69, 9.17) is 0 Å². The second-order valence-corrected chi connectivity index (χ2v) is 5.55. The minimum atomic E-state index is 0.647. The summed E-state index contributed by atoms with van der Waals surface area (Å²) >= 11 is 1.62. The molecule has 2 aromatic heterocycles. The molecule has 1 fully saturated rings. The number of tetrazole rings is 1. The molecule has 7 heteroatoms. The van der Waals surface area contributed by atoms with Gasteiger partial charge in [0, 0.05) is 6.04 Å². The maximum absolute atomic E-state index is 4.28. The zero-order valence-corrected chi connectivity index (χ0v) is 11.0. The SMILES string of the molecule is c1nc2ccc(-n3nnnc3CNC3CC3)cc2s1. The Hall–Kier alpha value is -1.86. The highest BCUT2D eigenvalue weighted by Crippen LogP contribution is 2.22. The van der Waals surface area contributed by atoms with Gasteiger partial charge in [-0.1, -0.05) is 0 Å². The molecular formula is C12H12N6S. The molecule has 0 unspecified atom stereocenters. The smallest absolute Gasteiger partial charge is 0.170 e. The Bertz CT molecular complexity index is 714. The summed E-state index contributed by atoms with van der Waals surface area (Å²) in [5.74, 6) is 0.843. The molecule has 0 bridgehead atoms. The first-order valence-electron chi connectivity index (χ1n) is 6.24. The van der Waals surface area contributed by atoms with Crippen LogP contribution in [-0.2, 0) is 6.54 Å². The topological polar surface area (TPSA) is 68.5 Å². The molecule has 0 saturated heterocycles. The van der Waals surface area contributed by atoms with Crippen LogP contribution >= 0.6 is 11.3 Å². The Balaban J connectivity index is 1.67. The Morgan fingerprint density at radius 2 is 2.32 bits per heavy atom. The summed E-state index contributed by atoms with van der Waals surface area (Å²) in [4.78, 5) is 4.28. The van der Waals surface area contributed by atoms with Crippen LogP contribution in [-0.4, -0.2) is 31.2 Å². The zero-order chi connectivity index (χ0) is 12.7. The number of aromatic nitrogens is 5. The fourth-order valence-electron chi connectivity index (χ4n) is 2.02. The predicted octanol–water partition coefficient (Wildman–Crippen LogP) is 1.52. The molecule has 19 heavy (non-hydrogen) atoms. The average Bonchev–Trinajstić information content (AvgIpc) is 2.97. The number of benzene rings is 1. The highest BCUT2D eigenvalue weighted by atomic mass is 32.1. The number of hydrogen-bond donors (Lipinski definition) is 1. The zero-order valence-electron chi connectivity index (χ0n) is 10.2. The van der Waals surface area contributed by atoms with Crippen molar-refractivity contribution in [2.75, 3.05) is 0 Å². The summed E-state index contributed by atoms with van der Waals surface area (Å²) in [5.41, 5.74) is 3.85. The molecule has 1 N–H and O–H groups in total. The average molecular weight is 272 g/mol. The van der Waals surface area contributed by atoms with E-state index in [2.05, 4.69) is 31.9 Å². The minimum Gasteiger partial charge on any atom is -0.307 e. The first kappa shape index (κ1) is 11.0. The van der Waals surface area contributed by atoms with Gasteiger partial charge in [0.1, 0.15) is 0 Å². The van der Waals surface area contributed by atoms with Crippen LogP contribution in [0.3, 0.4) is 0 Å². The molecule has 1 aliphatic carbocycles. The first-order chi connectivity index (χ1) is 9.40. The highest BCUT2D eigenvalue weighted by Gasteiger charge is 2.21. The monoisotopic (exact) mass is 272 g/mol. The van der Waals surface area contributed by atoms with Crippen LogP contribution in [0.25, 0.3) is 15.9 Å². The second kappa shape index (κ2) is 4.36. The maximum atomic E-state index is 4.28. The van der Waals surface area contributed by atoms with Gasteiger partial charge in [-0.3, -0.25) is 0 Å². The van der Waals surface area contributed by atoms with E-state index >= 15 is 0 Å². The summed E-state index contributed by atoms with van der Waals surface area (Å²) in [6.45, 7) is 0.707. The van der Waals surface area contributed by atoms with Gasteiger partial charge in [-0.05, 0) is 41.5 Å². The van der Waals surface area contributed by atoms with E-state index < -0.39 is 0 Å². The van der Waals surface area contributed by atoms with Crippen molar-refractivity contribution < 1.29 is 0 Å². The summed E-state index contributed by atoms with van der Waals surface area (Å²) in [6, 6.07) is 6.72. The van der Waals surface area contributed by atoms with Gasteiger partial charge >= 0.3 is 0 Å². The van der Waals surface area contributed by atoms with Crippen LogP contribution in [0.15, 0.2) is 23.7 Å². The lowest BCUT2D eigenvalue weighted by Gasteiger charge is -2.05. The van der Waals surface area contributed by atoms with Gasteiger partial charge in [0.05, 0.1) is 28.0 Å². The van der Waals surface area contributed by atoms with E-state index in [1.807, 2.05) is 17.6 Å². The first-order valence-corrected chi connectivity index (χ1v) is 7.12.